The van der Waals surface area contributed by atoms with E-state index in [4.69, 9.17) is 16.3 Å². The molecule has 0 aliphatic heterocycles. The van der Waals surface area contributed by atoms with Crippen LogP contribution in [0.25, 0.3) is 0 Å². The van der Waals surface area contributed by atoms with Gasteiger partial charge in [-0.3, -0.25) is 0 Å². The Morgan fingerprint density at radius 3 is 2.45 bits per heavy atom. The second kappa shape index (κ2) is 6.93. The Hall–Kier alpha value is 0.250. The number of halogens is 1. The molecule has 0 spiro atoms. The van der Waals surface area contributed by atoms with Gasteiger partial charge in [0.1, 0.15) is 0 Å². The maximum Gasteiger partial charge on any atom is 0.0490 e. The molecule has 0 aromatic rings. The highest BCUT2D eigenvalue weighted by Crippen LogP contribution is 2.18. The number of hydrogen-bond donors (Lipinski definition) is 0. The molecule has 0 bridgehead atoms. The van der Waals surface area contributed by atoms with Crippen molar-refractivity contribution in [2.45, 2.75) is 26.7 Å². The summed E-state index contributed by atoms with van der Waals surface area (Å²) < 4.78 is 5.07. The fourth-order valence-corrected chi connectivity index (χ4v) is 1.74. The molecule has 0 aliphatic rings. The summed E-state index contributed by atoms with van der Waals surface area (Å²) in [6.07, 6.45) is 2.43. The lowest BCUT2D eigenvalue weighted by atomic mass is 9.92. The second-order valence-electron chi connectivity index (χ2n) is 3.14. The summed E-state index contributed by atoms with van der Waals surface area (Å²) in [6.45, 7) is 5.22. The van der Waals surface area contributed by atoms with Gasteiger partial charge in [-0.15, -0.1) is 11.6 Å². The summed E-state index contributed by atoms with van der Waals surface area (Å²) in [5.41, 5.74) is 0. The molecule has 0 rings (SSSR count). The van der Waals surface area contributed by atoms with E-state index < -0.39 is 0 Å². The van der Waals surface area contributed by atoms with Gasteiger partial charge < -0.3 is 4.74 Å². The van der Waals surface area contributed by atoms with E-state index in [-0.39, 0.29) is 0 Å². The molecule has 0 heterocycles. The van der Waals surface area contributed by atoms with Gasteiger partial charge in [0, 0.05) is 19.6 Å². The summed E-state index contributed by atoms with van der Waals surface area (Å²) in [5, 5.41) is 0. The first-order valence-corrected chi connectivity index (χ1v) is 4.84. The average molecular weight is 179 g/mol. The van der Waals surface area contributed by atoms with Crippen molar-refractivity contribution < 1.29 is 4.74 Å². The third-order valence-corrected chi connectivity index (χ3v) is 2.49. The quantitative estimate of drug-likeness (QED) is 0.569. The SMILES string of the molecule is CCCC(CCl)C(C)COC. The predicted octanol–water partition coefficient (Wildman–Crippen LogP) is 2.92. The Labute approximate surface area is 75.1 Å². The molecule has 0 aromatic heterocycles. The van der Waals surface area contributed by atoms with E-state index in [1.54, 1.807) is 7.11 Å². The second-order valence-corrected chi connectivity index (χ2v) is 3.44. The molecule has 0 fully saturated rings. The molecule has 0 radical (unpaired) electrons. The first-order valence-electron chi connectivity index (χ1n) is 4.31. The zero-order valence-corrected chi connectivity index (χ0v) is 8.53. The fraction of sp³-hybridized carbons (Fsp3) is 1.00. The number of ether oxygens (including phenoxy) is 1. The van der Waals surface area contributed by atoms with Crippen molar-refractivity contribution in [3.05, 3.63) is 0 Å². The molecule has 2 heteroatoms. The van der Waals surface area contributed by atoms with Crippen LogP contribution in [0.15, 0.2) is 0 Å². The van der Waals surface area contributed by atoms with Crippen molar-refractivity contribution in [2.24, 2.45) is 11.8 Å². The van der Waals surface area contributed by atoms with Crippen LogP contribution in [0.4, 0.5) is 0 Å². The smallest absolute Gasteiger partial charge is 0.0490 e. The third kappa shape index (κ3) is 4.65. The van der Waals surface area contributed by atoms with Gasteiger partial charge in [0.2, 0.25) is 0 Å². The number of alkyl halides is 1. The maximum absolute atomic E-state index is 5.82. The first kappa shape index (κ1) is 11.2. The summed E-state index contributed by atoms with van der Waals surface area (Å²) in [5.74, 6) is 1.98. The lowest BCUT2D eigenvalue weighted by Gasteiger charge is -2.20. The molecule has 0 amide bonds. The molecule has 0 saturated carbocycles. The van der Waals surface area contributed by atoms with Gasteiger partial charge in [-0.25, -0.2) is 0 Å². The summed E-state index contributed by atoms with van der Waals surface area (Å²) in [7, 11) is 1.74. The Morgan fingerprint density at radius 2 is 2.09 bits per heavy atom. The van der Waals surface area contributed by atoms with Crippen molar-refractivity contribution in [1.29, 1.82) is 0 Å². The number of rotatable bonds is 6. The van der Waals surface area contributed by atoms with E-state index in [9.17, 15) is 0 Å². The van der Waals surface area contributed by atoms with Crippen LogP contribution < -0.4 is 0 Å². The van der Waals surface area contributed by atoms with Crippen LogP contribution in [0.3, 0.4) is 0 Å². The molecule has 1 nitrogen and oxygen atoms in total. The van der Waals surface area contributed by atoms with Gasteiger partial charge in [0.25, 0.3) is 0 Å². The van der Waals surface area contributed by atoms with E-state index >= 15 is 0 Å². The summed E-state index contributed by atoms with van der Waals surface area (Å²) in [6, 6.07) is 0. The first-order chi connectivity index (χ1) is 5.26. The fourth-order valence-electron chi connectivity index (χ4n) is 1.28. The van der Waals surface area contributed by atoms with Crippen molar-refractivity contribution in [1.82, 2.24) is 0 Å². The largest absolute Gasteiger partial charge is 0.384 e. The zero-order chi connectivity index (χ0) is 8.69. The predicted molar refractivity (Wildman–Crippen MR) is 50.2 cm³/mol. The Kier molecular flexibility index (Phi) is 7.09. The minimum atomic E-state index is 0.595. The van der Waals surface area contributed by atoms with Gasteiger partial charge >= 0.3 is 0 Å². The molecule has 0 aromatic carbocycles. The van der Waals surface area contributed by atoms with Gasteiger partial charge in [-0.1, -0.05) is 20.3 Å². The standard InChI is InChI=1S/C9H19ClO/c1-4-5-9(6-10)8(2)7-11-3/h8-9H,4-7H2,1-3H3. The third-order valence-electron chi connectivity index (χ3n) is 2.09. The van der Waals surface area contributed by atoms with Gasteiger partial charge in [-0.2, -0.15) is 0 Å². The molecule has 11 heavy (non-hydrogen) atoms. The van der Waals surface area contributed by atoms with Crippen LogP contribution in [0.2, 0.25) is 0 Å². The highest BCUT2D eigenvalue weighted by molar-refractivity contribution is 6.18. The highest BCUT2D eigenvalue weighted by Gasteiger charge is 2.14. The molecule has 0 saturated heterocycles. The topological polar surface area (TPSA) is 9.23 Å². The van der Waals surface area contributed by atoms with E-state index in [1.807, 2.05) is 0 Å². The lowest BCUT2D eigenvalue weighted by Crippen LogP contribution is -2.17. The molecule has 0 N–H and O–H groups in total. The summed E-state index contributed by atoms with van der Waals surface area (Å²) >= 11 is 5.82. The lowest BCUT2D eigenvalue weighted by molar-refractivity contribution is 0.132. The Balaban J connectivity index is 3.61. The zero-order valence-electron chi connectivity index (χ0n) is 7.77. The minimum absolute atomic E-state index is 0.595. The van der Waals surface area contributed by atoms with Crippen molar-refractivity contribution in [3.8, 4) is 0 Å². The van der Waals surface area contributed by atoms with Gasteiger partial charge in [0.15, 0.2) is 0 Å². The molecule has 2 unspecified atom stereocenters. The molecule has 2 atom stereocenters. The monoisotopic (exact) mass is 178 g/mol. The number of methoxy groups -OCH3 is 1. The highest BCUT2D eigenvalue weighted by atomic mass is 35.5. The average Bonchev–Trinajstić information content (AvgIpc) is 2.00. The van der Waals surface area contributed by atoms with Crippen molar-refractivity contribution in [2.75, 3.05) is 19.6 Å². The van der Waals surface area contributed by atoms with Crippen LogP contribution >= 0.6 is 11.6 Å². The van der Waals surface area contributed by atoms with Crippen molar-refractivity contribution in [3.63, 3.8) is 0 Å². The molecule has 0 aliphatic carbocycles. The van der Waals surface area contributed by atoms with Crippen LogP contribution in [0, 0.1) is 11.8 Å². The van der Waals surface area contributed by atoms with Gasteiger partial charge in [0.05, 0.1) is 0 Å². The molecular formula is C9H19ClO. The van der Waals surface area contributed by atoms with E-state index in [2.05, 4.69) is 13.8 Å². The maximum atomic E-state index is 5.82. The van der Waals surface area contributed by atoms with E-state index in [0.29, 0.717) is 11.8 Å². The molecular weight excluding hydrogens is 160 g/mol. The van der Waals surface area contributed by atoms with Crippen LogP contribution in [-0.2, 0) is 4.74 Å². The van der Waals surface area contributed by atoms with Crippen LogP contribution in [-0.4, -0.2) is 19.6 Å². The van der Waals surface area contributed by atoms with Crippen molar-refractivity contribution >= 4 is 11.6 Å². The molecule has 68 valence electrons. The van der Waals surface area contributed by atoms with Crippen LogP contribution in [0.1, 0.15) is 26.7 Å². The van der Waals surface area contributed by atoms with E-state index in [0.717, 1.165) is 12.5 Å². The number of hydrogen-bond acceptors (Lipinski definition) is 1. The summed E-state index contributed by atoms with van der Waals surface area (Å²) in [4.78, 5) is 0. The van der Waals surface area contributed by atoms with E-state index in [1.165, 1.54) is 12.8 Å². The Bertz CT molecular complexity index is 85.6. The van der Waals surface area contributed by atoms with Crippen LogP contribution in [0.5, 0.6) is 0 Å². The normalized spacial score (nSPS) is 16.4. The van der Waals surface area contributed by atoms with Gasteiger partial charge in [-0.05, 0) is 18.3 Å². The Morgan fingerprint density at radius 1 is 1.45 bits per heavy atom. The minimum Gasteiger partial charge on any atom is -0.384 e.